The average molecular weight is 436 g/mol. The third-order valence-corrected chi connectivity index (χ3v) is 5.26. The van der Waals surface area contributed by atoms with Gasteiger partial charge in [0.1, 0.15) is 5.82 Å². The van der Waals surface area contributed by atoms with Crippen LogP contribution in [0.3, 0.4) is 0 Å². The van der Waals surface area contributed by atoms with Crippen LogP contribution >= 0.6 is 15.9 Å². The van der Waals surface area contributed by atoms with E-state index >= 15 is 0 Å². The predicted octanol–water partition coefficient (Wildman–Crippen LogP) is 5.60. The molecule has 3 nitrogen and oxygen atoms in total. The number of allylic oxidation sites excluding steroid dienone is 1. The van der Waals surface area contributed by atoms with Gasteiger partial charge in [0.25, 0.3) is 0 Å². The Kier molecular flexibility index (Phi) is 5.35. The topological polar surface area (TPSA) is 28.5 Å². The van der Waals surface area contributed by atoms with Crippen molar-refractivity contribution in [1.29, 1.82) is 0 Å². The minimum Gasteiger partial charge on any atom is -0.372 e. The fourth-order valence-corrected chi connectivity index (χ4v) is 3.74. The van der Waals surface area contributed by atoms with Crippen LogP contribution in [0.5, 0.6) is 0 Å². The number of halogens is 2. The molecule has 4 rings (SSSR count). The minimum absolute atomic E-state index is 0.258. The number of anilines is 1. The lowest BCUT2D eigenvalue weighted by Gasteiger charge is -2.18. The lowest BCUT2D eigenvalue weighted by Crippen LogP contribution is -2.20. The van der Waals surface area contributed by atoms with Crippen molar-refractivity contribution in [2.75, 3.05) is 25.0 Å². The summed E-state index contributed by atoms with van der Waals surface area (Å²) in [6.45, 7) is 1.46. The summed E-state index contributed by atoms with van der Waals surface area (Å²) in [6.07, 6.45) is 7.58. The van der Waals surface area contributed by atoms with E-state index in [1.54, 1.807) is 12.3 Å². The summed E-state index contributed by atoms with van der Waals surface area (Å²) >= 11 is 3.53. The molecule has 0 unspecified atom stereocenters. The molecule has 2 heterocycles. The Bertz CT molecular complexity index is 1070. The summed E-state index contributed by atoms with van der Waals surface area (Å²) < 4.78 is 14.9. The first kappa shape index (κ1) is 18.6. The first-order valence-electron chi connectivity index (χ1n) is 9.05. The molecule has 140 valence electrons. The Hall–Kier alpha value is -2.79. The largest absolute Gasteiger partial charge is 0.372 e. The highest BCUT2D eigenvalue weighted by Gasteiger charge is 2.15. The number of benzene rings is 2. The van der Waals surface area contributed by atoms with Crippen molar-refractivity contribution >= 4 is 33.4 Å². The number of aliphatic imine (C=N–C) groups is 1. The number of rotatable bonds is 3. The van der Waals surface area contributed by atoms with Crippen molar-refractivity contribution in [1.82, 2.24) is 4.98 Å². The number of nitrogens with zero attached hydrogens (tertiary/aromatic N) is 3. The van der Waals surface area contributed by atoms with Gasteiger partial charge in [-0.1, -0.05) is 34.1 Å². The highest BCUT2D eigenvalue weighted by atomic mass is 79.9. The number of hydrogen-bond donors (Lipinski definition) is 0. The second-order valence-electron chi connectivity index (χ2n) is 6.66. The lowest BCUT2D eigenvalue weighted by atomic mass is 10.00. The van der Waals surface area contributed by atoms with Crippen LogP contribution in [0, 0.1) is 5.82 Å². The van der Waals surface area contributed by atoms with Gasteiger partial charge in [-0.15, -0.1) is 0 Å². The number of fused-ring (bicyclic) bond motifs is 1. The molecule has 1 aliphatic rings. The molecule has 0 radical (unpaired) electrons. The van der Waals surface area contributed by atoms with E-state index < -0.39 is 0 Å². The molecular weight excluding hydrogens is 417 g/mol. The average Bonchev–Trinajstić information content (AvgIpc) is 2.85. The minimum atomic E-state index is -0.258. The molecule has 2 aromatic carbocycles. The van der Waals surface area contributed by atoms with Crippen molar-refractivity contribution in [3.05, 3.63) is 88.4 Å². The second-order valence-corrected chi connectivity index (χ2v) is 7.57. The molecule has 3 aromatic rings. The van der Waals surface area contributed by atoms with Gasteiger partial charge in [-0.2, -0.15) is 0 Å². The summed E-state index contributed by atoms with van der Waals surface area (Å²) in [5, 5.41) is 0. The smallest absolute Gasteiger partial charge is 0.124 e. The number of pyridine rings is 1. The summed E-state index contributed by atoms with van der Waals surface area (Å²) in [4.78, 5) is 11.1. The molecule has 5 heteroatoms. The van der Waals surface area contributed by atoms with Crippen molar-refractivity contribution in [2.24, 2.45) is 4.99 Å². The van der Waals surface area contributed by atoms with Crippen LogP contribution in [0.1, 0.15) is 11.1 Å². The maximum atomic E-state index is 13.9. The second kappa shape index (κ2) is 8.07. The molecule has 0 spiro atoms. The molecule has 1 aliphatic heterocycles. The number of likely N-dealkylation sites (N-methyl/N-ethyl adjacent to an activating group) is 1. The quantitative estimate of drug-likeness (QED) is 0.535. The van der Waals surface area contributed by atoms with Gasteiger partial charge in [0.15, 0.2) is 0 Å². The summed E-state index contributed by atoms with van der Waals surface area (Å²) in [6, 6.07) is 15.0. The molecule has 0 bridgehead atoms. The van der Waals surface area contributed by atoms with Crippen LogP contribution in [0.4, 0.5) is 10.1 Å². The summed E-state index contributed by atoms with van der Waals surface area (Å²) in [7, 11) is 2.01. The van der Waals surface area contributed by atoms with Gasteiger partial charge in [0, 0.05) is 47.3 Å². The van der Waals surface area contributed by atoms with Crippen molar-refractivity contribution in [3.63, 3.8) is 0 Å². The van der Waals surface area contributed by atoms with Gasteiger partial charge in [-0.25, -0.2) is 4.39 Å². The third kappa shape index (κ3) is 3.90. The number of benzodiazepines with no additional fused rings is 1. The van der Waals surface area contributed by atoms with Crippen LogP contribution in [-0.4, -0.2) is 30.8 Å². The van der Waals surface area contributed by atoms with Gasteiger partial charge in [-0.3, -0.25) is 9.98 Å². The maximum absolute atomic E-state index is 13.9. The SMILES string of the molecule is CN1CCN=C(/C=C/c2cnccc2-c2cccc(Br)c2)c2cc(F)ccc21. The molecule has 28 heavy (non-hydrogen) atoms. The zero-order chi connectivity index (χ0) is 19.5. The highest BCUT2D eigenvalue weighted by Crippen LogP contribution is 2.28. The Morgan fingerprint density at radius 1 is 1.07 bits per heavy atom. The lowest BCUT2D eigenvalue weighted by molar-refractivity contribution is 0.627. The highest BCUT2D eigenvalue weighted by molar-refractivity contribution is 9.10. The fourth-order valence-electron chi connectivity index (χ4n) is 3.34. The maximum Gasteiger partial charge on any atom is 0.124 e. The third-order valence-electron chi connectivity index (χ3n) is 4.77. The van der Waals surface area contributed by atoms with Gasteiger partial charge < -0.3 is 4.90 Å². The summed E-state index contributed by atoms with van der Waals surface area (Å²) in [5.74, 6) is -0.258. The summed E-state index contributed by atoms with van der Waals surface area (Å²) in [5.41, 5.74) is 5.75. The zero-order valence-corrected chi connectivity index (χ0v) is 17.0. The molecule has 0 fully saturated rings. The van der Waals surface area contributed by atoms with Crippen molar-refractivity contribution < 1.29 is 4.39 Å². The first-order chi connectivity index (χ1) is 13.6. The Morgan fingerprint density at radius 3 is 2.82 bits per heavy atom. The molecule has 0 saturated heterocycles. The van der Waals surface area contributed by atoms with E-state index in [1.807, 2.05) is 49.7 Å². The van der Waals surface area contributed by atoms with Gasteiger partial charge in [0.2, 0.25) is 0 Å². The van der Waals surface area contributed by atoms with Crippen LogP contribution < -0.4 is 4.90 Å². The monoisotopic (exact) mass is 435 g/mol. The van der Waals surface area contributed by atoms with Gasteiger partial charge in [-0.05, 0) is 53.6 Å². The fraction of sp³-hybridized carbons (Fsp3) is 0.130. The standard InChI is InChI=1S/C23H19BrFN3/c1-28-12-11-27-22(21-14-19(25)6-8-23(21)28)7-5-17-15-26-10-9-20(17)16-3-2-4-18(24)13-16/h2-10,13-15H,11-12H2,1H3/b7-5+. The van der Waals surface area contributed by atoms with Gasteiger partial charge >= 0.3 is 0 Å². The molecule has 0 aliphatic carbocycles. The van der Waals surface area contributed by atoms with Crippen LogP contribution in [0.25, 0.3) is 17.2 Å². The van der Waals surface area contributed by atoms with Crippen LogP contribution in [0.15, 0.2) is 76.5 Å². The Morgan fingerprint density at radius 2 is 1.96 bits per heavy atom. The van der Waals surface area contributed by atoms with E-state index in [0.717, 1.165) is 44.7 Å². The molecule has 0 N–H and O–H groups in total. The van der Waals surface area contributed by atoms with E-state index in [-0.39, 0.29) is 5.82 Å². The Labute approximate surface area is 172 Å². The predicted molar refractivity (Wildman–Crippen MR) is 117 cm³/mol. The van der Waals surface area contributed by atoms with E-state index in [1.165, 1.54) is 6.07 Å². The molecular formula is C23H19BrFN3. The van der Waals surface area contributed by atoms with Crippen LogP contribution in [0.2, 0.25) is 0 Å². The Balaban J connectivity index is 1.74. The number of hydrogen-bond acceptors (Lipinski definition) is 3. The molecule has 0 amide bonds. The van der Waals surface area contributed by atoms with E-state index in [2.05, 4.69) is 42.9 Å². The van der Waals surface area contributed by atoms with E-state index in [0.29, 0.717) is 6.54 Å². The van der Waals surface area contributed by atoms with E-state index in [9.17, 15) is 4.39 Å². The van der Waals surface area contributed by atoms with Crippen molar-refractivity contribution in [2.45, 2.75) is 0 Å². The van der Waals surface area contributed by atoms with Crippen molar-refractivity contribution in [3.8, 4) is 11.1 Å². The molecule has 0 saturated carbocycles. The number of aromatic nitrogens is 1. The van der Waals surface area contributed by atoms with Crippen LogP contribution in [-0.2, 0) is 0 Å². The van der Waals surface area contributed by atoms with E-state index in [4.69, 9.17) is 0 Å². The molecule has 0 atom stereocenters. The first-order valence-corrected chi connectivity index (χ1v) is 9.85. The zero-order valence-electron chi connectivity index (χ0n) is 15.4. The molecule has 1 aromatic heterocycles. The normalized spacial score (nSPS) is 14.0. The van der Waals surface area contributed by atoms with Gasteiger partial charge in [0.05, 0.1) is 12.3 Å².